The van der Waals surface area contributed by atoms with Crippen molar-refractivity contribution in [2.75, 3.05) is 6.54 Å². The van der Waals surface area contributed by atoms with Crippen molar-refractivity contribution in [2.24, 2.45) is 5.73 Å². The molecule has 1 aromatic carbocycles. The van der Waals surface area contributed by atoms with E-state index < -0.39 is 6.10 Å². The summed E-state index contributed by atoms with van der Waals surface area (Å²) in [5, 5.41) is 10.1. The van der Waals surface area contributed by atoms with Crippen LogP contribution in [-0.2, 0) is 6.42 Å². The number of halogens is 2. The Morgan fingerprint density at radius 1 is 1.57 bits per heavy atom. The largest absolute Gasteiger partial charge is 0.391 e. The highest BCUT2D eigenvalue weighted by molar-refractivity contribution is 9.10. The molecule has 0 aliphatic rings. The zero-order valence-corrected chi connectivity index (χ0v) is 10.3. The second kappa shape index (κ2) is 5.12. The van der Waals surface area contributed by atoms with Crippen molar-refractivity contribution < 1.29 is 5.11 Å². The molecule has 3 N–H and O–H groups in total. The van der Waals surface area contributed by atoms with Gasteiger partial charge in [-0.2, -0.15) is 0 Å². The van der Waals surface area contributed by atoms with Gasteiger partial charge in [0.25, 0.3) is 0 Å². The van der Waals surface area contributed by atoms with Crippen molar-refractivity contribution in [1.29, 1.82) is 0 Å². The minimum atomic E-state index is -0.494. The maximum atomic E-state index is 9.45. The van der Waals surface area contributed by atoms with E-state index >= 15 is 0 Å². The van der Waals surface area contributed by atoms with Crippen molar-refractivity contribution >= 4 is 27.5 Å². The van der Waals surface area contributed by atoms with E-state index in [4.69, 9.17) is 17.3 Å². The van der Waals surface area contributed by atoms with Gasteiger partial charge in [0.15, 0.2) is 0 Å². The monoisotopic (exact) mass is 277 g/mol. The molecule has 0 radical (unpaired) electrons. The van der Waals surface area contributed by atoms with Crippen molar-refractivity contribution in [3.63, 3.8) is 0 Å². The Kier molecular flexibility index (Phi) is 4.38. The van der Waals surface area contributed by atoms with Crippen LogP contribution in [0.3, 0.4) is 0 Å². The third-order valence-electron chi connectivity index (χ3n) is 2.10. The summed E-state index contributed by atoms with van der Waals surface area (Å²) in [6.45, 7) is 2.24. The highest BCUT2D eigenvalue weighted by Gasteiger charge is 2.10. The van der Waals surface area contributed by atoms with Gasteiger partial charge in [-0.05, 0) is 30.2 Å². The Hall–Kier alpha value is -0.0900. The van der Waals surface area contributed by atoms with E-state index in [9.17, 15) is 5.11 Å². The van der Waals surface area contributed by atoms with Crippen LogP contribution >= 0.6 is 27.5 Å². The molecule has 0 saturated carbocycles. The van der Waals surface area contributed by atoms with E-state index in [0.29, 0.717) is 11.4 Å². The molecule has 0 heterocycles. The first-order chi connectivity index (χ1) is 6.54. The number of nitrogens with two attached hydrogens (primary N) is 1. The molecule has 0 bridgehead atoms. The van der Waals surface area contributed by atoms with Crippen LogP contribution in [-0.4, -0.2) is 17.8 Å². The van der Waals surface area contributed by atoms with Crippen LogP contribution in [0.15, 0.2) is 16.6 Å². The van der Waals surface area contributed by atoms with Gasteiger partial charge in [-0.3, -0.25) is 0 Å². The lowest BCUT2D eigenvalue weighted by Crippen LogP contribution is -2.22. The van der Waals surface area contributed by atoms with Crippen LogP contribution in [0.5, 0.6) is 0 Å². The summed E-state index contributed by atoms with van der Waals surface area (Å²) in [5.41, 5.74) is 7.49. The fraction of sp³-hybridized carbons (Fsp3) is 0.400. The minimum absolute atomic E-state index is 0.272. The lowest BCUT2D eigenvalue weighted by molar-refractivity contribution is 0.183. The zero-order valence-electron chi connectivity index (χ0n) is 7.93. The van der Waals surface area contributed by atoms with Crippen molar-refractivity contribution in [3.05, 3.63) is 32.8 Å². The van der Waals surface area contributed by atoms with Gasteiger partial charge >= 0.3 is 0 Å². The van der Waals surface area contributed by atoms with Crippen LogP contribution in [0, 0.1) is 6.92 Å². The van der Waals surface area contributed by atoms with Gasteiger partial charge in [0.2, 0.25) is 0 Å². The van der Waals surface area contributed by atoms with Crippen LogP contribution in [0.4, 0.5) is 0 Å². The third kappa shape index (κ3) is 2.95. The molecular formula is C10H13BrClNO. The average molecular weight is 279 g/mol. The van der Waals surface area contributed by atoms with Gasteiger partial charge in [0.1, 0.15) is 0 Å². The minimum Gasteiger partial charge on any atom is -0.391 e. The summed E-state index contributed by atoms with van der Waals surface area (Å²) in [6, 6.07) is 3.71. The highest BCUT2D eigenvalue weighted by atomic mass is 79.9. The van der Waals surface area contributed by atoms with Crippen molar-refractivity contribution in [2.45, 2.75) is 19.4 Å². The number of hydrogen-bond donors (Lipinski definition) is 2. The lowest BCUT2D eigenvalue weighted by atomic mass is 10.0. The molecule has 0 amide bonds. The summed E-state index contributed by atoms with van der Waals surface area (Å²) in [6.07, 6.45) is 0.0614. The second-order valence-electron chi connectivity index (χ2n) is 3.28. The average Bonchev–Trinajstić information content (AvgIpc) is 2.10. The number of rotatable bonds is 3. The molecule has 0 fully saturated rings. The van der Waals surface area contributed by atoms with E-state index in [1.807, 2.05) is 19.1 Å². The summed E-state index contributed by atoms with van der Waals surface area (Å²) in [5.74, 6) is 0. The van der Waals surface area contributed by atoms with Crippen LogP contribution in [0.25, 0.3) is 0 Å². The van der Waals surface area contributed by atoms with E-state index in [0.717, 1.165) is 15.6 Å². The number of benzene rings is 1. The molecule has 1 aromatic rings. The van der Waals surface area contributed by atoms with Gasteiger partial charge in [-0.1, -0.05) is 27.5 Å². The fourth-order valence-corrected chi connectivity index (χ4v) is 2.44. The first kappa shape index (κ1) is 12.0. The smallest absolute Gasteiger partial charge is 0.0703 e. The Morgan fingerprint density at radius 3 is 2.71 bits per heavy atom. The Bertz CT molecular complexity index is 307. The van der Waals surface area contributed by atoms with Gasteiger partial charge < -0.3 is 10.8 Å². The number of hydrogen-bond acceptors (Lipinski definition) is 2. The standard InChI is InChI=1S/C10H13BrClNO/c1-6-2-7(12)3-10(11)9(6)4-8(14)5-13/h2-3,8,14H,4-5,13H2,1H3. The molecule has 1 rings (SSSR count). The molecule has 78 valence electrons. The van der Waals surface area contributed by atoms with Crippen LogP contribution in [0.2, 0.25) is 5.02 Å². The van der Waals surface area contributed by atoms with E-state index in [1.165, 1.54) is 0 Å². The Labute approximate surface area is 97.2 Å². The van der Waals surface area contributed by atoms with Gasteiger partial charge in [0.05, 0.1) is 6.10 Å². The molecule has 0 saturated heterocycles. The fourth-order valence-electron chi connectivity index (χ4n) is 1.31. The topological polar surface area (TPSA) is 46.2 Å². The highest BCUT2D eigenvalue weighted by Crippen LogP contribution is 2.26. The molecule has 0 aromatic heterocycles. The van der Waals surface area contributed by atoms with E-state index in [2.05, 4.69) is 15.9 Å². The molecule has 0 spiro atoms. The molecule has 2 nitrogen and oxygen atoms in total. The number of aliphatic hydroxyl groups excluding tert-OH is 1. The second-order valence-corrected chi connectivity index (χ2v) is 4.57. The molecule has 4 heteroatoms. The van der Waals surface area contributed by atoms with Crippen molar-refractivity contribution in [1.82, 2.24) is 0 Å². The summed E-state index contributed by atoms with van der Waals surface area (Å²) in [4.78, 5) is 0. The molecule has 1 unspecified atom stereocenters. The summed E-state index contributed by atoms with van der Waals surface area (Å²) in [7, 11) is 0. The first-order valence-electron chi connectivity index (χ1n) is 4.37. The quantitative estimate of drug-likeness (QED) is 0.891. The van der Waals surface area contributed by atoms with Crippen LogP contribution in [0.1, 0.15) is 11.1 Å². The molecular weight excluding hydrogens is 265 g/mol. The third-order valence-corrected chi connectivity index (χ3v) is 3.02. The zero-order chi connectivity index (χ0) is 10.7. The molecule has 14 heavy (non-hydrogen) atoms. The predicted octanol–water partition coefficient (Wildman–Crippen LogP) is 2.27. The maximum absolute atomic E-state index is 9.45. The van der Waals surface area contributed by atoms with Gasteiger partial charge in [0, 0.05) is 22.5 Å². The normalized spacial score (nSPS) is 12.9. The number of aliphatic hydroxyl groups is 1. The van der Waals surface area contributed by atoms with Crippen LogP contribution < -0.4 is 5.73 Å². The summed E-state index contributed by atoms with van der Waals surface area (Å²) >= 11 is 9.29. The van der Waals surface area contributed by atoms with E-state index in [-0.39, 0.29) is 6.54 Å². The molecule has 0 aliphatic heterocycles. The SMILES string of the molecule is Cc1cc(Cl)cc(Br)c1CC(O)CN. The van der Waals surface area contributed by atoms with E-state index in [1.54, 1.807) is 0 Å². The molecule has 1 atom stereocenters. The summed E-state index contributed by atoms with van der Waals surface area (Å²) < 4.78 is 0.926. The lowest BCUT2D eigenvalue weighted by Gasteiger charge is -2.12. The maximum Gasteiger partial charge on any atom is 0.0703 e. The Morgan fingerprint density at radius 2 is 2.21 bits per heavy atom. The predicted molar refractivity (Wildman–Crippen MR) is 62.7 cm³/mol. The van der Waals surface area contributed by atoms with Gasteiger partial charge in [-0.25, -0.2) is 0 Å². The molecule has 0 aliphatic carbocycles. The van der Waals surface area contributed by atoms with Crippen molar-refractivity contribution in [3.8, 4) is 0 Å². The number of aryl methyl sites for hydroxylation is 1. The van der Waals surface area contributed by atoms with Gasteiger partial charge in [-0.15, -0.1) is 0 Å². The Balaban J connectivity index is 2.96. The first-order valence-corrected chi connectivity index (χ1v) is 5.54.